The van der Waals surface area contributed by atoms with Crippen LogP contribution in [0.3, 0.4) is 0 Å². The summed E-state index contributed by atoms with van der Waals surface area (Å²) in [5.74, 6) is 0.438. The van der Waals surface area contributed by atoms with Gasteiger partial charge in [0.05, 0.1) is 17.2 Å². The Labute approximate surface area is 102 Å². The van der Waals surface area contributed by atoms with E-state index in [9.17, 15) is 0 Å². The second-order valence-corrected chi connectivity index (χ2v) is 4.86. The molecule has 1 rings (SSSR count). The number of hydrogen-bond donors (Lipinski definition) is 1. The lowest BCUT2D eigenvalue weighted by atomic mass is 10.1. The van der Waals surface area contributed by atoms with Crippen LogP contribution in [-0.2, 0) is 0 Å². The molecule has 0 radical (unpaired) electrons. The number of anilines is 1. The van der Waals surface area contributed by atoms with Gasteiger partial charge in [0.1, 0.15) is 0 Å². The van der Waals surface area contributed by atoms with Crippen molar-refractivity contribution in [3.63, 3.8) is 0 Å². The highest BCUT2D eigenvalue weighted by molar-refractivity contribution is 5.94. The number of nitriles is 1. The van der Waals surface area contributed by atoms with Gasteiger partial charge in [-0.25, -0.2) is 4.99 Å². The minimum atomic E-state index is -0.217. The van der Waals surface area contributed by atoms with Gasteiger partial charge in [-0.05, 0) is 39.0 Å². The lowest BCUT2D eigenvalue weighted by Crippen LogP contribution is -2.36. The van der Waals surface area contributed by atoms with Crippen molar-refractivity contribution in [1.29, 1.82) is 5.26 Å². The molecule has 0 saturated heterocycles. The lowest BCUT2D eigenvalue weighted by Gasteiger charge is -2.22. The monoisotopic (exact) mass is 230 g/mol. The van der Waals surface area contributed by atoms with E-state index in [0.29, 0.717) is 11.5 Å². The fourth-order valence-electron chi connectivity index (χ4n) is 1.34. The molecule has 0 unspecified atom stereocenters. The van der Waals surface area contributed by atoms with Crippen molar-refractivity contribution in [2.75, 3.05) is 11.9 Å². The van der Waals surface area contributed by atoms with Gasteiger partial charge in [0.2, 0.25) is 0 Å². The summed E-state index contributed by atoms with van der Waals surface area (Å²) < 4.78 is 0. The topological polar surface area (TPSA) is 65.4 Å². The fraction of sp³-hybridized carbons (Fsp3) is 0.385. The number of benzene rings is 1. The largest absolute Gasteiger partial charge is 0.370 e. The number of rotatable bonds is 1. The average Bonchev–Trinajstić information content (AvgIpc) is 2.26. The second kappa shape index (κ2) is 4.88. The van der Waals surface area contributed by atoms with Gasteiger partial charge in [-0.2, -0.15) is 5.26 Å². The fourth-order valence-corrected chi connectivity index (χ4v) is 1.34. The molecule has 0 heterocycles. The Hall–Kier alpha value is -2.02. The lowest BCUT2D eigenvalue weighted by molar-refractivity contribution is 0.581. The number of nitrogens with zero attached hydrogens (tertiary/aromatic N) is 3. The number of aliphatic imine (C=N–C) groups is 1. The molecule has 4 heteroatoms. The predicted molar refractivity (Wildman–Crippen MR) is 70.9 cm³/mol. The third-order valence-corrected chi connectivity index (χ3v) is 2.16. The van der Waals surface area contributed by atoms with Crippen molar-refractivity contribution in [3.05, 3.63) is 29.8 Å². The zero-order chi connectivity index (χ0) is 13.1. The molecule has 0 aliphatic rings. The summed E-state index contributed by atoms with van der Waals surface area (Å²) in [5.41, 5.74) is 7.17. The average molecular weight is 230 g/mol. The van der Waals surface area contributed by atoms with E-state index in [-0.39, 0.29) is 5.54 Å². The highest BCUT2D eigenvalue weighted by atomic mass is 15.2. The smallest absolute Gasteiger partial charge is 0.196 e. The van der Waals surface area contributed by atoms with Crippen LogP contribution in [0, 0.1) is 11.3 Å². The first-order chi connectivity index (χ1) is 7.83. The third kappa shape index (κ3) is 3.80. The molecule has 0 aliphatic carbocycles. The van der Waals surface area contributed by atoms with Gasteiger partial charge >= 0.3 is 0 Å². The zero-order valence-electron chi connectivity index (χ0n) is 10.7. The maximum absolute atomic E-state index is 8.84. The van der Waals surface area contributed by atoms with Gasteiger partial charge in [0, 0.05) is 12.7 Å². The normalized spacial score (nSPS) is 12.1. The summed E-state index contributed by atoms with van der Waals surface area (Å²) in [6.07, 6.45) is 0. The Bertz CT molecular complexity index is 463. The van der Waals surface area contributed by atoms with Gasteiger partial charge in [-0.1, -0.05) is 6.07 Å². The Morgan fingerprint density at radius 3 is 2.59 bits per heavy atom. The van der Waals surface area contributed by atoms with E-state index in [1.54, 1.807) is 17.0 Å². The first kappa shape index (κ1) is 13.0. The van der Waals surface area contributed by atoms with Crippen LogP contribution >= 0.6 is 0 Å². The quantitative estimate of drug-likeness (QED) is 0.593. The molecule has 0 aromatic heterocycles. The molecule has 1 aromatic carbocycles. The maximum Gasteiger partial charge on any atom is 0.196 e. The van der Waals surface area contributed by atoms with Crippen molar-refractivity contribution in [1.82, 2.24) is 0 Å². The molecule has 0 atom stereocenters. The summed E-state index contributed by atoms with van der Waals surface area (Å²) in [6.45, 7) is 5.96. The minimum absolute atomic E-state index is 0.217. The van der Waals surface area contributed by atoms with Gasteiger partial charge in [-0.3, -0.25) is 0 Å². The highest BCUT2D eigenvalue weighted by Crippen LogP contribution is 2.15. The van der Waals surface area contributed by atoms with Gasteiger partial charge in [-0.15, -0.1) is 0 Å². The zero-order valence-corrected chi connectivity index (χ0v) is 10.7. The van der Waals surface area contributed by atoms with Crippen LogP contribution in [0.2, 0.25) is 0 Å². The molecule has 0 saturated carbocycles. The molecule has 17 heavy (non-hydrogen) atoms. The van der Waals surface area contributed by atoms with Gasteiger partial charge in [0.25, 0.3) is 0 Å². The molecular formula is C13H18N4. The summed E-state index contributed by atoms with van der Waals surface area (Å²) in [6, 6.07) is 9.37. The summed E-state index contributed by atoms with van der Waals surface area (Å²) in [7, 11) is 1.83. The molecule has 0 spiro atoms. The highest BCUT2D eigenvalue weighted by Gasteiger charge is 2.12. The number of guanidine groups is 1. The molecule has 4 nitrogen and oxygen atoms in total. The molecule has 0 fully saturated rings. The molecule has 0 amide bonds. The van der Waals surface area contributed by atoms with E-state index in [4.69, 9.17) is 11.0 Å². The minimum Gasteiger partial charge on any atom is -0.370 e. The van der Waals surface area contributed by atoms with Crippen LogP contribution in [0.1, 0.15) is 26.3 Å². The van der Waals surface area contributed by atoms with Crippen molar-refractivity contribution >= 4 is 11.6 Å². The molecule has 0 aliphatic heterocycles. The molecule has 0 bridgehead atoms. The predicted octanol–water partition coefficient (Wildman–Crippen LogP) is 2.11. The summed E-state index contributed by atoms with van der Waals surface area (Å²) in [4.78, 5) is 6.15. The Balaban J connectivity index is 3.01. The Morgan fingerprint density at radius 1 is 1.41 bits per heavy atom. The van der Waals surface area contributed by atoms with Crippen molar-refractivity contribution in [2.45, 2.75) is 26.3 Å². The molecule has 90 valence electrons. The van der Waals surface area contributed by atoms with E-state index >= 15 is 0 Å². The maximum atomic E-state index is 8.84. The first-order valence-corrected chi connectivity index (χ1v) is 5.43. The molecule has 2 N–H and O–H groups in total. The van der Waals surface area contributed by atoms with Crippen LogP contribution < -0.4 is 10.6 Å². The van der Waals surface area contributed by atoms with Crippen molar-refractivity contribution in [3.8, 4) is 6.07 Å². The SMILES string of the molecule is CN(C(N)=NC(C)(C)C)c1cccc(C#N)c1. The van der Waals surface area contributed by atoms with Crippen LogP contribution in [0.4, 0.5) is 5.69 Å². The van der Waals surface area contributed by atoms with Crippen molar-refractivity contribution in [2.24, 2.45) is 10.7 Å². The number of nitrogens with two attached hydrogens (primary N) is 1. The summed E-state index contributed by atoms with van der Waals surface area (Å²) >= 11 is 0. The van der Waals surface area contributed by atoms with Crippen molar-refractivity contribution < 1.29 is 0 Å². The van der Waals surface area contributed by atoms with E-state index in [2.05, 4.69) is 11.1 Å². The van der Waals surface area contributed by atoms with Gasteiger partial charge in [0.15, 0.2) is 5.96 Å². The standard InChI is InChI=1S/C13H18N4/c1-13(2,3)16-12(15)17(4)11-7-5-6-10(8-11)9-14/h5-8H,1-4H3,(H2,15,16). The first-order valence-electron chi connectivity index (χ1n) is 5.43. The number of hydrogen-bond acceptors (Lipinski definition) is 2. The van der Waals surface area contributed by atoms with E-state index in [1.807, 2.05) is 40.0 Å². The molecular weight excluding hydrogens is 212 g/mol. The van der Waals surface area contributed by atoms with Crippen LogP contribution in [0.25, 0.3) is 0 Å². The van der Waals surface area contributed by atoms with Gasteiger partial charge < -0.3 is 10.6 Å². The van der Waals surface area contributed by atoms with Crippen LogP contribution in [0.15, 0.2) is 29.3 Å². The third-order valence-electron chi connectivity index (χ3n) is 2.16. The Morgan fingerprint density at radius 2 is 2.06 bits per heavy atom. The summed E-state index contributed by atoms with van der Waals surface area (Å²) in [5, 5.41) is 8.84. The van der Waals surface area contributed by atoms with E-state index in [0.717, 1.165) is 5.69 Å². The Kier molecular flexibility index (Phi) is 3.74. The van der Waals surface area contributed by atoms with E-state index in [1.165, 1.54) is 0 Å². The second-order valence-electron chi connectivity index (χ2n) is 4.86. The van der Waals surface area contributed by atoms with E-state index < -0.39 is 0 Å². The van der Waals surface area contributed by atoms with Crippen LogP contribution in [0.5, 0.6) is 0 Å². The van der Waals surface area contributed by atoms with Crippen LogP contribution in [-0.4, -0.2) is 18.5 Å². The molecule has 1 aromatic rings.